The van der Waals surface area contributed by atoms with E-state index in [4.69, 9.17) is 0 Å². The standard InChI is InChI=1S/C27H40F2O3/c1-18(12-8-14-24(28)29)10-7-11-19(2)13-9-16-27(6,32)17-15-23-22(5)25(30)20(3)21(4)26(23)31/h10,13-14,30-32H,7-9,11-12,15-17H2,1-6H3/b18-10+,19-13+. The molecule has 0 spiro atoms. The van der Waals surface area contributed by atoms with Crippen molar-refractivity contribution in [3.63, 3.8) is 0 Å². The van der Waals surface area contributed by atoms with Crippen molar-refractivity contribution in [3.8, 4) is 11.5 Å². The van der Waals surface area contributed by atoms with Gasteiger partial charge >= 0.3 is 0 Å². The zero-order valence-electron chi connectivity index (χ0n) is 20.5. The highest BCUT2D eigenvalue weighted by Gasteiger charge is 2.23. The maximum Gasteiger partial charge on any atom is 0.266 e. The quantitative estimate of drug-likeness (QED) is 0.226. The molecule has 0 saturated carbocycles. The summed E-state index contributed by atoms with van der Waals surface area (Å²) < 4.78 is 24.1. The van der Waals surface area contributed by atoms with Crippen LogP contribution in [0.3, 0.4) is 0 Å². The summed E-state index contributed by atoms with van der Waals surface area (Å²) in [4.78, 5) is 0. The molecule has 1 aromatic rings. The molecule has 3 N–H and O–H groups in total. The lowest BCUT2D eigenvalue weighted by Gasteiger charge is -2.24. The van der Waals surface area contributed by atoms with Crippen LogP contribution in [0.5, 0.6) is 11.5 Å². The van der Waals surface area contributed by atoms with E-state index in [1.807, 2.05) is 13.8 Å². The number of allylic oxidation sites excluding steroid dienone is 5. The van der Waals surface area contributed by atoms with Crippen molar-refractivity contribution >= 4 is 0 Å². The summed E-state index contributed by atoms with van der Waals surface area (Å²) in [6.45, 7) is 11.2. The van der Waals surface area contributed by atoms with E-state index in [1.165, 1.54) is 5.57 Å². The third-order valence-corrected chi connectivity index (χ3v) is 6.32. The third kappa shape index (κ3) is 9.15. The Bertz CT molecular complexity index is 831. The lowest BCUT2D eigenvalue weighted by molar-refractivity contribution is 0.0431. The minimum Gasteiger partial charge on any atom is -0.507 e. The van der Waals surface area contributed by atoms with Gasteiger partial charge in [-0.1, -0.05) is 23.3 Å². The first-order valence-electron chi connectivity index (χ1n) is 11.4. The van der Waals surface area contributed by atoms with E-state index in [-0.39, 0.29) is 11.5 Å². The number of halogens is 2. The summed E-state index contributed by atoms with van der Waals surface area (Å²) in [5.41, 5.74) is 4.22. The third-order valence-electron chi connectivity index (χ3n) is 6.32. The molecule has 1 atom stereocenters. The van der Waals surface area contributed by atoms with Crippen molar-refractivity contribution in [1.29, 1.82) is 0 Å². The lowest BCUT2D eigenvalue weighted by atomic mass is 9.88. The van der Waals surface area contributed by atoms with Gasteiger partial charge in [0.2, 0.25) is 0 Å². The number of hydrogen-bond acceptors (Lipinski definition) is 3. The fraction of sp³-hybridized carbons (Fsp3) is 0.556. The molecular formula is C27H40F2O3. The van der Waals surface area contributed by atoms with Crippen LogP contribution in [0.25, 0.3) is 0 Å². The number of aliphatic hydroxyl groups is 1. The van der Waals surface area contributed by atoms with Gasteiger partial charge in [-0.15, -0.1) is 0 Å². The summed E-state index contributed by atoms with van der Waals surface area (Å²) in [5, 5.41) is 31.5. The Morgan fingerprint density at radius 3 is 1.84 bits per heavy atom. The Balaban J connectivity index is 2.53. The summed E-state index contributed by atoms with van der Waals surface area (Å²) in [6.07, 6.45) is 8.73. The molecule has 0 aliphatic rings. The molecule has 0 fully saturated rings. The van der Waals surface area contributed by atoms with Crippen molar-refractivity contribution in [1.82, 2.24) is 0 Å². The second kappa shape index (κ2) is 12.8. The maximum atomic E-state index is 12.1. The monoisotopic (exact) mass is 450 g/mol. The van der Waals surface area contributed by atoms with Gasteiger partial charge in [0.15, 0.2) is 0 Å². The zero-order valence-corrected chi connectivity index (χ0v) is 20.5. The molecule has 0 aliphatic carbocycles. The SMILES string of the molecule is C/C(=C\CC/C(C)=C/CCC(C)(O)CCc1c(C)c(O)c(C)c(C)c1O)CCC=C(F)F. The Kier molecular flexibility index (Phi) is 11.1. The van der Waals surface area contributed by atoms with Gasteiger partial charge in [0.05, 0.1) is 5.60 Å². The van der Waals surface area contributed by atoms with Gasteiger partial charge in [0, 0.05) is 5.56 Å². The number of aromatic hydroxyl groups is 2. The number of phenolic OH excluding ortho intramolecular Hbond substituents is 2. The smallest absolute Gasteiger partial charge is 0.266 e. The van der Waals surface area contributed by atoms with Gasteiger partial charge in [-0.05, 0) is 116 Å². The van der Waals surface area contributed by atoms with E-state index >= 15 is 0 Å². The summed E-state index contributed by atoms with van der Waals surface area (Å²) in [5.74, 6) is 0.419. The van der Waals surface area contributed by atoms with Crippen molar-refractivity contribution in [2.75, 3.05) is 0 Å². The molecule has 180 valence electrons. The van der Waals surface area contributed by atoms with Gasteiger partial charge in [0.25, 0.3) is 6.08 Å². The molecule has 0 aromatic heterocycles. The maximum absolute atomic E-state index is 12.1. The fourth-order valence-corrected chi connectivity index (χ4v) is 3.80. The molecule has 1 aromatic carbocycles. The Morgan fingerprint density at radius 1 is 0.781 bits per heavy atom. The second-order valence-electron chi connectivity index (χ2n) is 9.26. The van der Waals surface area contributed by atoms with Crippen molar-refractivity contribution < 1.29 is 24.1 Å². The molecule has 1 rings (SSSR count). The fourth-order valence-electron chi connectivity index (χ4n) is 3.80. The number of benzene rings is 1. The average molecular weight is 451 g/mol. The number of hydrogen-bond donors (Lipinski definition) is 3. The predicted molar refractivity (Wildman–Crippen MR) is 128 cm³/mol. The van der Waals surface area contributed by atoms with Crippen LogP contribution in [0.15, 0.2) is 35.5 Å². The molecule has 32 heavy (non-hydrogen) atoms. The summed E-state index contributed by atoms with van der Waals surface area (Å²) in [6, 6.07) is 0. The van der Waals surface area contributed by atoms with E-state index in [0.29, 0.717) is 54.4 Å². The van der Waals surface area contributed by atoms with Crippen LogP contribution in [0.1, 0.15) is 88.0 Å². The van der Waals surface area contributed by atoms with Crippen LogP contribution in [0.2, 0.25) is 0 Å². The first-order valence-corrected chi connectivity index (χ1v) is 11.4. The van der Waals surface area contributed by atoms with E-state index in [9.17, 15) is 24.1 Å². The van der Waals surface area contributed by atoms with E-state index < -0.39 is 11.7 Å². The first kappa shape index (κ1) is 27.9. The second-order valence-corrected chi connectivity index (χ2v) is 9.26. The highest BCUT2D eigenvalue weighted by atomic mass is 19.3. The first-order chi connectivity index (χ1) is 14.9. The minimum atomic E-state index is -1.62. The molecule has 0 saturated heterocycles. The van der Waals surface area contributed by atoms with Crippen LogP contribution >= 0.6 is 0 Å². The van der Waals surface area contributed by atoms with Crippen LogP contribution < -0.4 is 0 Å². The molecule has 0 amide bonds. The van der Waals surface area contributed by atoms with Gasteiger partial charge in [0.1, 0.15) is 11.5 Å². The predicted octanol–water partition coefficient (Wildman–Crippen LogP) is 7.72. The van der Waals surface area contributed by atoms with Gasteiger partial charge < -0.3 is 15.3 Å². The molecule has 0 aliphatic heterocycles. The van der Waals surface area contributed by atoms with Crippen LogP contribution in [0, 0.1) is 20.8 Å². The summed E-state index contributed by atoms with van der Waals surface area (Å²) in [7, 11) is 0. The Labute approximate surface area is 192 Å². The Morgan fingerprint density at radius 2 is 1.28 bits per heavy atom. The van der Waals surface area contributed by atoms with Crippen LogP contribution in [-0.4, -0.2) is 20.9 Å². The van der Waals surface area contributed by atoms with E-state index in [1.54, 1.807) is 20.8 Å². The lowest BCUT2D eigenvalue weighted by Crippen LogP contribution is -2.24. The molecular weight excluding hydrogens is 410 g/mol. The van der Waals surface area contributed by atoms with Crippen molar-refractivity contribution in [3.05, 3.63) is 57.7 Å². The molecule has 1 unspecified atom stereocenters. The Hall–Kier alpha value is -2.14. The largest absolute Gasteiger partial charge is 0.507 e. The average Bonchev–Trinajstić information content (AvgIpc) is 2.70. The van der Waals surface area contributed by atoms with Gasteiger partial charge in [-0.2, -0.15) is 8.78 Å². The molecule has 0 heterocycles. The topological polar surface area (TPSA) is 60.7 Å². The van der Waals surface area contributed by atoms with Gasteiger partial charge in [-0.25, -0.2) is 0 Å². The highest BCUT2D eigenvalue weighted by molar-refractivity contribution is 5.56. The number of phenols is 2. The van der Waals surface area contributed by atoms with Crippen molar-refractivity contribution in [2.45, 2.75) is 98.5 Å². The van der Waals surface area contributed by atoms with E-state index in [2.05, 4.69) is 19.1 Å². The minimum absolute atomic E-state index is 0.207. The molecule has 5 heteroatoms. The van der Waals surface area contributed by atoms with Crippen LogP contribution in [0.4, 0.5) is 8.78 Å². The van der Waals surface area contributed by atoms with Crippen LogP contribution in [-0.2, 0) is 6.42 Å². The number of rotatable bonds is 12. The highest BCUT2D eigenvalue weighted by Crippen LogP contribution is 2.37. The molecule has 0 bridgehead atoms. The molecule has 3 nitrogen and oxygen atoms in total. The van der Waals surface area contributed by atoms with Gasteiger partial charge in [-0.3, -0.25) is 0 Å². The van der Waals surface area contributed by atoms with Crippen molar-refractivity contribution in [2.24, 2.45) is 0 Å². The summed E-state index contributed by atoms with van der Waals surface area (Å²) >= 11 is 0. The normalized spacial score (nSPS) is 14.4. The zero-order chi connectivity index (χ0) is 24.5. The van der Waals surface area contributed by atoms with E-state index in [0.717, 1.165) is 30.9 Å². The molecule has 0 radical (unpaired) electrons.